The SMILES string of the molecule is O=C(Nc1ccc2c(c1)C(=O)Nc1cc(Cl)ccc1O2)c1nc2ccccc2s1. The van der Waals surface area contributed by atoms with Gasteiger partial charge in [0.15, 0.2) is 10.8 Å². The zero-order chi connectivity index (χ0) is 20.0. The molecular weight excluding hydrogens is 410 g/mol. The summed E-state index contributed by atoms with van der Waals surface area (Å²) in [5, 5.41) is 6.41. The maximum atomic E-state index is 12.6. The summed E-state index contributed by atoms with van der Waals surface area (Å²) in [6.45, 7) is 0. The molecular formula is C21H12ClN3O3S. The van der Waals surface area contributed by atoms with E-state index in [-0.39, 0.29) is 11.8 Å². The Hall–Kier alpha value is -3.42. The largest absolute Gasteiger partial charge is 0.454 e. The van der Waals surface area contributed by atoms with Crippen LogP contribution in [0.2, 0.25) is 5.02 Å². The van der Waals surface area contributed by atoms with Gasteiger partial charge in [0, 0.05) is 10.7 Å². The van der Waals surface area contributed by atoms with E-state index >= 15 is 0 Å². The molecule has 2 amide bonds. The average Bonchev–Trinajstić information content (AvgIpc) is 3.10. The summed E-state index contributed by atoms with van der Waals surface area (Å²) >= 11 is 7.31. The van der Waals surface area contributed by atoms with Crippen LogP contribution in [0.3, 0.4) is 0 Å². The number of aromatic nitrogens is 1. The minimum absolute atomic E-state index is 0.305. The van der Waals surface area contributed by atoms with E-state index in [1.807, 2.05) is 24.3 Å². The second-order valence-electron chi connectivity index (χ2n) is 6.35. The summed E-state index contributed by atoms with van der Waals surface area (Å²) in [7, 11) is 0. The Morgan fingerprint density at radius 3 is 2.76 bits per heavy atom. The van der Waals surface area contributed by atoms with Gasteiger partial charge in [0.2, 0.25) is 0 Å². The molecule has 1 aliphatic rings. The lowest BCUT2D eigenvalue weighted by atomic mass is 10.1. The molecule has 0 saturated carbocycles. The van der Waals surface area contributed by atoms with Crippen molar-refractivity contribution in [3.8, 4) is 11.5 Å². The van der Waals surface area contributed by atoms with Crippen LogP contribution >= 0.6 is 22.9 Å². The lowest BCUT2D eigenvalue weighted by molar-refractivity contribution is 0.101. The molecule has 0 aliphatic carbocycles. The van der Waals surface area contributed by atoms with Crippen LogP contribution in [0.5, 0.6) is 11.5 Å². The first-order valence-electron chi connectivity index (χ1n) is 8.66. The highest BCUT2D eigenvalue weighted by Gasteiger charge is 2.22. The molecule has 29 heavy (non-hydrogen) atoms. The summed E-state index contributed by atoms with van der Waals surface area (Å²) < 4.78 is 6.78. The van der Waals surface area contributed by atoms with Gasteiger partial charge in [-0.3, -0.25) is 9.59 Å². The number of anilines is 2. The molecule has 1 aromatic heterocycles. The first-order valence-corrected chi connectivity index (χ1v) is 9.86. The normalized spacial score (nSPS) is 12.4. The van der Waals surface area contributed by atoms with Crippen molar-refractivity contribution >= 4 is 56.3 Å². The molecule has 0 spiro atoms. The van der Waals surface area contributed by atoms with Crippen molar-refractivity contribution in [2.75, 3.05) is 10.6 Å². The molecule has 142 valence electrons. The van der Waals surface area contributed by atoms with Gasteiger partial charge in [-0.25, -0.2) is 4.98 Å². The second-order valence-corrected chi connectivity index (χ2v) is 7.82. The topological polar surface area (TPSA) is 80.3 Å². The maximum Gasteiger partial charge on any atom is 0.284 e. The number of ether oxygens (including phenoxy) is 1. The molecule has 2 N–H and O–H groups in total. The van der Waals surface area contributed by atoms with Gasteiger partial charge < -0.3 is 15.4 Å². The van der Waals surface area contributed by atoms with Crippen molar-refractivity contribution in [2.45, 2.75) is 0 Å². The fourth-order valence-electron chi connectivity index (χ4n) is 3.03. The molecule has 6 nitrogen and oxygen atoms in total. The number of carbonyl (C=O) groups excluding carboxylic acids is 2. The molecule has 0 fully saturated rings. The molecule has 1 aliphatic heterocycles. The van der Waals surface area contributed by atoms with Gasteiger partial charge in [-0.05, 0) is 48.5 Å². The lowest BCUT2D eigenvalue weighted by Gasteiger charge is -2.09. The number of amides is 2. The number of hydrogen-bond acceptors (Lipinski definition) is 5. The van der Waals surface area contributed by atoms with E-state index in [4.69, 9.17) is 16.3 Å². The fraction of sp³-hybridized carbons (Fsp3) is 0. The number of rotatable bonds is 2. The van der Waals surface area contributed by atoms with E-state index in [9.17, 15) is 9.59 Å². The fourth-order valence-corrected chi connectivity index (χ4v) is 4.06. The van der Waals surface area contributed by atoms with Crippen LogP contribution in [0.15, 0.2) is 60.7 Å². The molecule has 5 rings (SSSR count). The lowest BCUT2D eigenvalue weighted by Crippen LogP contribution is -2.14. The van der Waals surface area contributed by atoms with E-state index in [0.29, 0.717) is 38.5 Å². The highest BCUT2D eigenvalue weighted by atomic mass is 35.5. The van der Waals surface area contributed by atoms with Crippen molar-refractivity contribution in [3.05, 3.63) is 76.3 Å². The minimum atomic E-state index is -0.350. The number of fused-ring (bicyclic) bond motifs is 3. The third-order valence-corrected chi connectivity index (χ3v) is 5.65. The molecule has 0 saturated heterocycles. The standard InChI is InChI=1S/C21H12ClN3O3S/c22-11-5-7-17-15(9-11)24-19(26)13-10-12(6-8-16(13)28-17)23-20(27)21-25-14-3-1-2-4-18(14)29-21/h1-10H,(H,23,27)(H,24,26). The molecule has 2 heterocycles. The number of carbonyl (C=O) groups is 2. The highest BCUT2D eigenvalue weighted by Crippen LogP contribution is 2.38. The average molecular weight is 422 g/mol. The van der Waals surface area contributed by atoms with Crippen molar-refractivity contribution in [1.29, 1.82) is 0 Å². The van der Waals surface area contributed by atoms with Crippen LogP contribution in [0.25, 0.3) is 10.2 Å². The number of halogens is 1. The van der Waals surface area contributed by atoms with Crippen molar-refractivity contribution in [3.63, 3.8) is 0 Å². The van der Waals surface area contributed by atoms with Crippen LogP contribution < -0.4 is 15.4 Å². The van der Waals surface area contributed by atoms with Gasteiger partial charge >= 0.3 is 0 Å². The molecule has 0 atom stereocenters. The van der Waals surface area contributed by atoms with E-state index in [0.717, 1.165) is 10.2 Å². The monoisotopic (exact) mass is 421 g/mol. The third-order valence-electron chi connectivity index (χ3n) is 4.38. The van der Waals surface area contributed by atoms with E-state index < -0.39 is 0 Å². The number of benzene rings is 3. The summed E-state index contributed by atoms with van der Waals surface area (Å²) in [6, 6.07) is 17.4. The quantitative estimate of drug-likeness (QED) is 0.444. The number of hydrogen-bond donors (Lipinski definition) is 2. The Labute approximate surface area is 174 Å². The molecule has 4 aromatic rings. The Morgan fingerprint density at radius 1 is 1.07 bits per heavy atom. The number of nitrogens with one attached hydrogen (secondary N) is 2. The van der Waals surface area contributed by atoms with Crippen molar-refractivity contribution in [1.82, 2.24) is 4.98 Å². The van der Waals surface area contributed by atoms with Crippen molar-refractivity contribution < 1.29 is 14.3 Å². The summed E-state index contributed by atoms with van der Waals surface area (Å²) in [6.07, 6.45) is 0. The molecule has 0 bridgehead atoms. The maximum absolute atomic E-state index is 12.6. The van der Waals surface area contributed by atoms with E-state index in [2.05, 4.69) is 15.6 Å². The van der Waals surface area contributed by atoms with Gasteiger partial charge in [0.1, 0.15) is 5.75 Å². The molecule has 0 radical (unpaired) electrons. The smallest absolute Gasteiger partial charge is 0.284 e. The zero-order valence-electron chi connectivity index (χ0n) is 14.7. The van der Waals surface area contributed by atoms with Crippen LogP contribution in [0.1, 0.15) is 20.2 Å². The van der Waals surface area contributed by atoms with Crippen LogP contribution in [-0.2, 0) is 0 Å². The molecule has 3 aromatic carbocycles. The Kier molecular flexibility index (Phi) is 4.19. The molecule has 0 unspecified atom stereocenters. The first kappa shape index (κ1) is 17.7. The van der Waals surface area contributed by atoms with Crippen LogP contribution in [-0.4, -0.2) is 16.8 Å². The van der Waals surface area contributed by atoms with E-state index in [1.54, 1.807) is 36.4 Å². The third kappa shape index (κ3) is 3.30. The van der Waals surface area contributed by atoms with Gasteiger partial charge in [-0.1, -0.05) is 23.7 Å². The van der Waals surface area contributed by atoms with Crippen LogP contribution in [0.4, 0.5) is 11.4 Å². The number of thiazole rings is 1. The van der Waals surface area contributed by atoms with Gasteiger partial charge in [0.05, 0.1) is 21.5 Å². The highest BCUT2D eigenvalue weighted by molar-refractivity contribution is 7.20. The van der Waals surface area contributed by atoms with Crippen LogP contribution in [0, 0.1) is 0 Å². The summed E-state index contributed by atoms with van der Waals surface area (Å²) in [4.78, 5) is 29.6. The molecule has 8 heteroatoms. The first-order chi connectivity index (χ1) is 14.1. The second kappa shape index (κ2) is 6.88. The van der Waals surface area contributed by atoms with Gasteiger partial charge in [-0.15, -0.1) is 11.3 Å². The summed E-state index contributed by atoms with van der Waals surface area (Å²) in [5.74, 6) is 0.197. The van der Waals surface area contributed by atoms with E-state index in [1.165, 1.54) is 11.3 Å². The van der Waals surface area contributed by atoms with Gasteiger partial charge in [-0.2, -0.15) is 0 Å². The Balaban J connectivity index is 1.43. The predicted molar refractivity (Wildman–Crippen MR) is 113 cm³/mol. The number of para-hydroxylation sites is 1. The Bertz CT molecular complexity index is 1270. The minimum Gasteiger partial charge on any atom is -0.454 e. The zero-order valence-corrected chi connectivity index (χ0v) is 16.3. The Morgan fingerprint density at radius 2 is 1.90 bits per heavy atom. The number of nitrogens with zero attached hydrogens (tertiary/aromatic N) is 1. The van der Waals surface area contributed by atoms with Gasteiger partial charge in [0.25, 0.3) is 11.8 Å². The predicted octanol–water partition coefficient (Wildman–Crippen LogP) is 5.56. The summed E-state index contributed by atoms with van der Waals surface area (Å²) in [5.41, 5.74) is 2.03. The van der Waals surface area contributed by atoms with Crippen molar-refractivity contribution in [2.24, 2.45) is 0 Å².